The van der Waals surface area contributed by atoms with Crippen molar-refractivity contribution in [1.82, 2.24) is 36.2 Å². The molecule has 9 nitrogen and oxygen atoms in total. The Bertz CT molecular complexity index is 765. The van der Waals surface area contributed by atoms with Crippen LogP contribution in [0.3, 0.4) is 0 Å². The lowest BCUT2D eigenvalue weighted by atomic mass is 9.90. The first-order valence-electron chi connectivity index (χ1n) is 11.9. The summed E-state index contributed by atoms with van der Waals surface area (Å²) in [6.45, 7) is 6.34. The molecule has 3 saturated heterocycles. The van der Waals surface area contributed by atoms with Crippen molar-refractivity contribution in [2.45, 2.75) is 98.7 Å². The maximum atomic E-state index is 13.1. The summed E-state index contributed by atoms with van der Waals surface area (Å²) in [4.78, 5) is 2.55. The van der Waals surface area contributed by atoms with E-state index in [0.29, 0.717) is 23.8 Å². The van der Waals surface area contributed by atoms with Gasteiger partial charge in [0.05, 0.1) is 16.8 Å². The Balaban J connectivity index is 1.29. The standard InChI is InChI=1S/C20H39N7O2S2/c1-13-23-24-19(30-13)27-17-10-15(31(28,29)25-20(2)8-9-20)5-6-16(17)22-18(27)7-4-14-11-21-26(3)12-14/h13-19,21-25H,4-12H2,1-3H3. The molecule has 3 heterocycles. The Morgan fingerprint density at radius 2 is 2.00 bits per heavy atom. The van der Waals surface area contributed by atoms with Gasteiger partial charge in [-0.3, -0.25) is 15.6 Å². The van der Waals surface area contributed by atoms with Crippen molar-refractivity contribution in [3.8, 4) is 0 Å². The molecule has 0 aromatic heterocycles. The summed E-state index contributed by atoms with van der Waals surface area (Å²) in [5.74, 6) is 0.675. The van der Waals surface area contributed by atoms with E-state index in [1.54, 1.807) is 0 Å². The number of hydrogen-bond donors (Lipinski definition) is 5. The summed E-state index contributed by atoms with van der Waals surface area (Å²) in [7, 11) is -1.18. The third kappa shape index (κ3) is 4.95. The van der Waals surface area contributed by atoms with Gasteiger partial charge in [-0.05, 0) is 64.7 Å². The predicted octanol–water partition coefficient (Wildman–Crippen LogP) is 0.296. The van der Waals surface area contributed by atoms with Crippen LogP contribution in [0, 0.1) is 5.92 Å². The minimum atomic E-state index is -3.28. The van der Waals surface area contributed by atoms with E-state index in [-0.39, 0.29) is 28.5 Å². The summed E-state index contributed by atoms with van der Waals surface area (Å²) >= 11 is 1.89. The highest BCUT2D eigenvalue weighted by molar-refractivity contribution is 8.00. The first-order chi connectivity index (χ1) is 14.7. The third-order valence-electron chi connectivity index (χ3n) is 7.79. The van der Waals surface area contributed by atoms with E-state index in [1.165, 1.54) is 6.42 Å². The number of thioether (sulfide) groups is 1. The van der Waals surface area contributed by atoms with E-state index >= 15 is 0 Å². The number of fused-ring (bicyclic) bond motifs is 1. The molecule has 2 saturated carbocycles. The van der Waals surface area contributed by atoms with Crippen LogP contribution in [0.25, 0.3) is 0 Å². The highest BCUT2D eigenvalue weighted by Gasteiger charge is 2.51. The summed E-state index contributed by atoms with van der Waals surface area (Å²) in [5.41, 5.74) is 10.2. The Hall–Kier alpha value is 0.0200. The van der Waals surface area contributed by atoms with Crippen molar-refractivity contribution in [2.75, 3.05) is 20.1 Å². The molecular weight excluding hydrogens is 434 g/mol. The SMILES string of the molecule is CC1NNC(N2C(CCC3CNN(C)C3)NC3CCC(S(=O)(=O)NC4(C)CC4)CC32)S1. The zero-order valence-corrected chi connectivity index (χ0v) is 20.6. The van der Waals surface area contributed by atoms with Gasteiger partial charge in [0.25, 0.3) is 0 Å². The number of rotatable bonds is 7. The van der Waals surface area contributed by atoms with Crippen LogP contribution >= 0.6 is 11.8 Å². The van der Waals surface area contributed by atoms with E-state index in [1.807, 2.05) is 18.7 Å². The normalized spacial score (nSPS) is 43.4. The maximum Gasteiger partial charge on any atom is 0.215 e. The van der Waals surface area contributed by atoms with Crippen LogP contribution in [0.1, 0.15) is 58.8 Å². The van der Waals surface area contributed by atoms with Crippen LogP contribution in [0.2, 0.25) is 0 Å². The van der Waals surface area contributed by atoms with Gasteiger partial charge in [0.15, 0.2) is 0 Å². The molecule has 7 atom stereocenters. The topological polar surface area (TPSA) is 101 Å². The second-order valence-corrected chi connectivity index (χ2v) is 13.9. The molecule has 11 heteroatoms. The first-order valence-corrected chi connectivity index (χ1v) is 14.4. The molecule has 7 unspecified atom stereocenters. The zero-order valence-electron chi connectivity index (χ0n) is 18.9. The van der Waals surface area contributed by atoms with Crippen molar-refractivity contribution in [1.29, 1.82) is 0 Å². The van der Waals surface area contributed by atoms with Gasteiger partial charge in [-0.25, -0.2) is 29.0 Å². The lowest BCUT2D eigenvalue weighted by molar-refractivity contribution is 0.122. The Morgan fingerprint density at radius 3 is 2.65 bits per heavy atom. The second kappa shape index (κ2) is 8.66. The fraction of sp³-hybridized carbons (Fsp3) is 1.00. The van der Waals surface area contributed by atoms with Crippen molar-refractivity contribution in [3.63, 3.8) is 0 Å². The second-order valence-electron chi connectivity index (χ2n) is 10.6. The summed E-state index contributed by atoms with van der Waals surface area (Å²) < 4.78 is 29.3. The fourth-order valence-corrected chi connectivity index (χ4v) is 8.81. The molecule has 31 heavy (non-hydrogen) atoms. The molecule has 0 aromatic carbocycles. The van der Waals surface area contributed by atoms with Gasteiger partial charge in [-0.15, -0.1) is 11.8 Å². The van der Waals surface area contributed by atoms with Gasteiger partial charge in [0, 0.05) is 37.8 Å². The number of nitrogens with zero attached hydrogens (tertiary/aromatic N) is 2. The van der Waals surface area contributed by atoms with Crippen LogP contribution in [0.15, 0.2) is 0 Å². The number of hydrazine groups is 2. The highest BCUT2D eigenvalue weighted by Crippen LogP contribution is 2.40. The molecule has 0 spiro atoms. The lowest BCUT2D eigenvalue weighted by Gasteiger charge is -2.38. The molecule has 0 radical (unpaired) electrons. The molecule has 5 fully saturated rings. The Kier molecular flexibility index (Phi) is 6.37. The molecule has 3 aliphatic heterocycles. The van der Waals surface area contributed by atoms with Gasteiger partial charge in [-0.2, -0.15) is 0 Å². The van der Waals surface area contributed by atoms with Crippen LogP contribution in [0.4, 0.5) is 0 Å². The number of hydrogen-bond acceptors (Lipinski definition) is 9. The van der Waals surface area contributed by atoms with E-state index in [0.717, 1.165) is 45.2 Å². The average molecular weight is 474 g/mol. The first kappa shape index (κ1) is 22.8. The minimum Gasteiger partial charge on any atom is -0.297 e. The number of nitrogens with one attached hydrogen (secondary N) is 5. The van der Waals surface area contributed by atoms with Gasteiger partial charge >= 0.3 is 0 Å². The van der Waals surface area contributed by atoms with Gasteiger partial charge in [0.2, 0.25) is 10.0 Å². The molecule has 0 bridgehead atoms. The fourth-order valence-electron chi connectivity index (χ4n) is 5.75. The van der Waals surface area contributed by atoms with Gasteiger partial charge in [-0.1, -0.05) is 0 Å². The predicted molar refractivity (Wildman–Crippen MR) is 124 cm³/mol. The summed E-state index contributed by atoms with van der Waals surface area (Å²) in [6, 6.07) is 0.615. The molecule has 2 aliphatic carbocycles. The molecule has 0 aromatic rings. The van der Waals surface area contributed by atoms with Gasteiger partial charge < -0.3 is 0 Å². The van der Waals surface area contributed by atoms with E-state index in [2.05, 4.69) is 50.2 Å². The van der Waals surface area contributed by atoms with Crippen LogP contribution in [-0.4, -0.2) is 78.4 Å². The van der Waals surface area contributed by atoms with E-state index < -0.39 is 10.0 Å². The highest BCUT2D eigenvalue weighted by atomic mass is 32.2. The summed E-state index contributed by atoms with van der Waals surface area (Å²) in [5, 5.41) is 6.14. The Labute approximate surface area is 191 Å². The minimum absolute atomic E-state index is 0.169. The van der Waals surface area contributed by atoms with Crippen LogP contribution in [-0.2, 0) is 10.0 Å². The quantitative estimate of drug-likeness (QED) is 0.357. The van der Waals surface area contributed by atoms with Crippen molar-refractivity contribution in [2.24, 2.45) is 5.92 Å². The molecule has 178 valence electrons. The third-order valence-corrected chi connectivity index (χ3v) is 11.0. The monoisotopic (exact) mass is 473 g/mol. The van der Waals surface area contributed by atoms with Crippen molar-refractivity contribution in [3.05, 3.63) is 0 Å². The molecular formula is C20H39N7O2S2. The summed E-state index contributed by atoms with van der Waals surface area (Å²) in [6.07, 6.45) is 6.84. The van der Waals surface area contributed by atoms with E-state index in [4.69, 9.17) is 0 Å². The molecule has 5 aliphatic rings. The molecule has 0 amide bonds. The number of sulfonamides is 1. The largest absolute Gasteiger partial charge is 0.297 e. The maximum absolute atomic E-state index is 13.1. The van der Waals surface area contributed by atoms with Crippen LogP contribution < -0.4 is 26.3 Å². The molecule has 5 rings (SSSR count). The van der Waals surface area contributed by atoms with Crippen molar-refractivity contribution >= 4 is 21.8 Å². The zero-order chi connectivity index (χ0) is 21.8. The average Bonchev–Trinajstić information content (AvgIpc) is 3.06. The lowest BCUT2D eigenvalue weighted by Crippen LogP contribution is -2.54. The van der Waals surface area contributed by atoms with Crippen LogP contribution in [0.5, 0.6) is 0 Å². The Morgan fingerprint density at radius 1 is 1.19 bits per heavy atom. The van der Waals surface area contributed by atoms with E-state index in [9.17, 15) is 8.42 Å². The smallest absolute Gasteiger partial charge is 0.215 e. The molecule has 5 N–H and O–H groups in total. The van der Waals surface area contributed by atoms with Crippen molar-refractivity contribution < 1.29 is 8.42 Å². The van der Waals surface area contributed by atoms with Gasteiger partial charge in [0.1, 0.15) is 5.50 Å².